The van der Waals surface area contributed by atoms with Gasteiger partial charge in [0.1, 0.15) is 11.7 Å². The van der Waals surface area contributed by atoms with Crippen molar-refractivity contribution in [2.45, 2.75) is 18.8 Å². The van der Waals surface area contributed by atoms with Crippen LogP contribution in [0.1, 0.15) is 34.7 Å². The van der Waals surface area contributed by atoms with Gasteiger partial charge in [0, 0.05) is 11.9 Å². The van der Waals surface area contributed by atoms with Crippen molar-refractivity contribution in [3.8, 4) is 0 Å². The Hall–Kier alpha value is -2.29. The Kier molecular flexibility index (Phi) is 5.97. The molecule has 7 nitrogen and oxygen atoms in total. The third-order valence-electron chi connectivity index (χ3n) is 4.58. The molecule has 0 aliphatic carbocycles. The second kappa shape index (κ2) is 8.39. The highest BCUT2D eigenvalue weighted by Crippen LogP contribution is 2.29. The van der Waals surface area contributed by atoms with Gasteiger partial charge in [0.05, 0.1) is 5.56 Å². The number of amides is 1. The van der Waals surface area contributed by atoms with Crippen molar-refractivity contribution in [1.29, 1.82) is 0 Å². The average molecular weight is 374 g/mol. The molecule has 0 radical (unpaired) electrons. The molecule has 2 heterocycles. The van der Waals surface area contributed by atoms with E-state index in [2.05, 4.69) is 22.4 Å². The van der Waals surface area contributed by atoms with Crippen LogP contribution in [0.15, 0.2) is 42.6 Å². The number of carbonyl (C=O) groups excluding carboxylic acids is 1. The first kappa shape index (κ1) is 18.5. The molecule has 1 aromatic heterocycles. The second-order valence-electron chi connectivity index (χ2n) is 6.39. The van der Waals surface area contributed by atoms with Crippen LogP contribution in [0.2, 0.25) is 0 Å². The summed E-state index contributed by atoms with van der Waals surface area (Å²) in [6, 6.07) is 11.6. The molecule has 26 heavy (non-hydrogen) atoms. The number of benzene rings is 1. The number of hydrogen-bond acceptors (Lipinski definition) is 5. The van der Waals surface area contributed by atoms with E-state index in [0.29, 0.717) is 17.3 Å². The number of hydrogen-bond donors (Lipinski definition) is 3. The molecule has 8 heteroatoms. The van der Waals surface area contributed by atoms with Crippen molar-refractivity contribution in [2.75, 3.05) is 24.3 Å². The molecule has 0 saturated carbocycles. The minimum Gasteiger partial charge on any atom is -0.366 e. The lowest BCUT2D eigenvalue weighted by atomic mass is 9.89. The fourth-order valence-corrected chi connectivity index (χ4v) is 3.72. The molecule has 0 bridgehead atoms. The van der Waals surface area contributed by atoms with Crippen molar-refractivity contribution in [3.05, 3.63) is 53.7 Å². The predicted octanol–water partition coefficient (Wildman–Crippen LogP) is 2.28. The van der Waals surface area contributed by atoms with E-state index in [4.69, 9.17) is 10.3 Å². The zero-order chi connectivity index (χ0) is 18.5. The van der Waals surface area contributed by atoms with E-state index in [1.54, 1.807) is 12.1 Å². The number of aromatic nitrogens is 1. The lowest BCUT2D eigenvalue weighted by molar-refractivity contribution is 0.1000. The summed E-state index contributed by atoms with van der Waals surface area (Å²) in [6.45, 7) is 1.68. The van der Waals surface area contributed by atoms with Gasteiger partial charge in [0.25, 0.3) is 0 Å². The number of piperidine rings is 1. The molecule has 1 saturated heterocycles. The summed E-state index contributed by atoms with van der Waals surface area (Å²) in [7, 11) is 0. The standard InChI is InChI=1S/C18H22N4O3S/c19-18(23)15-3-6-17(20-11-15)21-16-4-1-13(2-5-16)14-7-9-22(10-8-14)12-26(24)25/h1-6,11,14H,7-10,12H2,(H2,19,23)(H,20,21)(H,24,25). The van der Waals surface area contributed by atoms with E-state index in [-0.39, 0.29) is 5.88 Å². The molecule has 3 rings (SSSR count). The van der Waals surface area contributed by atoms with Gasteiger partial charge in [0.15, 0.2) is 11.1 Å². The molecule has 0 spiro atoms. The molecule has 1 amide bonds. The van der Waals surface area contributed by atoms with E-state index < -0.39 is 17.0 Å². The predicted molar refractivity (Wildman–Crippen MR) is 102 cm³/mol. The molecule has 1 atom stereocenters. The van der Waals surface area contributed by atoms with Crippen LogP contribution in [0.5, 0.6) is 0 Å². The summed E-state index contributed by atoms with van der Waals surface area (Å²) in [5.41, 5.74) is 7.78. The number of rotatable bonds is 6. The third-order valence-corrected chi connectivity index (χ3v) is 5.17. The maximum absolute atomic E-state index is 11.1. The Morgan fingerprint density at radius 3 is 2.46 bits per heavy atom. The highest BCUT2D eigenvalue weighted by molar-refractivity contribution is 7.79. The van der Waals surface area contributed by atoms with E-state index in [1.807, 2.05) is 17.0 Å². The topological polar surface area (TPSA) is 109 Å². The summed E-state index contributed by atoms with van der Waals surface area (Å²) in [4.78, 5) is 17.3. The normalized spacial score (nSPS) is 17.0. The van der Waals surface area contributed by atoms with Crippen LogP contribution in [0.4, 0.5) is 11.5 Å². The Morgan fingerprint density at radius 1 is 1.23 bits per heavy atom. The Morgan fingerprint density at radius 2 is 1.92 bits per heavy atom. The molecule has 138 valence electrons. The number of nitrogens with one attached hydrogen (secondary N) is 1. The highest BCUT2D eigenvalue weighted by atomic mass is 32.2. The van der Waals surface area contributed by atoms with Gasteiger partial charge in [0.2, 0.25) is 5.91 Å². The number of primary amides is 1. The van der Waals surface area contributed by atoms with Crippen LogP contribution in [0.3, 0.4) is 0 Å². The number of nitrogens with zero attached hydrogens (tertiary/aromatic N) is 2. The molecule has 1 aromatic carbocycles. The molecular weight excluding hydrogens is 352 g/mol. The van der Waals surface area contributed by atoms with Gasteiger partial charge in [-0.3, -0.25) is 9.69 Å². The van der Waals surface area contributed by atoms with Crippen LogP contribution in [-0.4, -0.2) is 43.5 Å². The minimum absolute atomic E-state index is 0.233. The number of nitrogens with two attached hydrogens (primary N) is 1. The first-order valence-corrected chi connectivity index (χ1v) is 9.71. The van der Waals surface area contributed by atoms with E-state index >= 15 is 0 Å². The minimum atomic E-state index is -1.76. The van der Waals surface area contributed by atoms with Gasteiger partial charge in [-0.15, -0.1) is 0 Å². The van der Waals surface area contributed by atoms with Gasteiger partial charge in [-0.05, 0) is 61.7 Å². The summed E-state index contributed by atoms with van der Waals surface area (Å²) in [6.07, 6.45) is 3.42. The molecule has 1 unspecified atom stereocenters. The van der Waals surface area contributed by atoms with Gasteiger partial charge < -0.3 is 15.6 Å². The molecule has 2 aromatic rings. The van der Waals surface area contributed by atoms with Gasteiger partial charge in [-0.1, -0.05) is 12.1 Å². The SMILES string of the molecule is NC(=O)c1ccc(Nc2ccc(C3CCN(CS(=O)O)CC3)cc2)nc1. The monoisotopic (exact) mass is 374 g/mol. The van der Waals surface area contributed by atoms with Gasteiger partial charge in [-0.2, -0.15) is 0 Å². The summed E-state index contributed by atoms with van der Waals surface area (Å²) in [5.74, 6) is 0.857. The summed E-state index contributed by atoms with van der Waals surface area (Å²) < 4.78 is 19.9. The Bertz CT molecular complexity index is 772. The quantitative estimate of drug-likeness (QED) is 0.670. The zero-order valence-corrected chi connectivity index (χ0v) is 15.1. The lowest BCUT2D eigenvalue weighted by Gasteiger charge is -2.31. The lowest BCUT2D eigenvalue weighted by Crippen LogP contribution is -2.35. The van der Waals surface area contributed by atoms with Crippen LogP contribution in [-0.2, 0) is 11.1 Å². The van der Waals surface area contributed by atoms with Crippen molar-refractivity contribution in [2.24, 2.45) is 5.73 Å². The van der Waals surface area contributed by atoms with E-state index in [0.717, 1.165) is 31.6 Å². The zero-order valence-electron chi connectivity index (χ0n) is 14.3. The number of anilines is 2. The summed E-state index contributed by atoms with van der Waals surface area (Å²) >= 11 is -1.76. The van der Waals surface area contributed by atoms with Crippen LogP contribution in [0.25, 0.3) is 0 Å². The molecule has 1 aliphatic rings. The number of carbonyl (C=O) groups is 1. The Balaban J connectivity index is 1.57. The van der Waals surface area contributed by atoms with Gasteiger partial charge in [-0.25, -0.2) is 9.19 Å². The van der Waals surface area contributed by atoms with Crippen molar-refractivity contribution >= 4 is 28.5 Å². The van der Waals surface area contributed by atoms with Crippen molar-refractivity contribution < 1.29 is 13.6 Å². The third kappa shape index (κ3) is 4.87. The van der Waals surface area contributed by atoms with Crippen molar-refractivity contribution in [1.82, 2.24) is 9.88 Å². The van der Waals surface area contributed by atoms with Crippen LogP contribution >= 0.6 is 0 Å². The average Bonchev–Trinajstić information content (AvgIpc) is 2.63. The largest absolute Gasteiger partial charge is 0.366 e. The molecular formula is C18H22N4O3S. The smallest absolute Gasteiger partial charge is 0.250 e. The highest BCUT2D eigenvalue weighted by Gasteiger charge is 2.21. The van der Waals surface area contributed by atoms with Crippen LogP contribution in [0, 0.1) is 0 Å². The molecule has 4 N–H and O–H groups in total. The van der Waals surface area contributed by atoms with Crippen LogP contribution < -0.4 is 11.1 Å². The molecule has 1 fully saturated rings. The van der Waals surface area contributed by atoms with Crippen molar-refractivity contribution in [3.63, 3.8) is 0 Å². The number of likely N-dealkylation sites (tertiary alicyclic amines) is 1. The fourth-order valence-electron chi connectivity index (χ4n) is 3.15. The summed E-state index contributed by atoms with van der Waals surface area (Å²) in [5, 5.41) is 3.20. The maximum Gasteiger partial charge on any atom is 0.250 e. The first-order valence-electron chi connectivity index (χ1n) is 8.44. The second-order valence-corrected chi connectivity index (χ2v) is 7.29. The van der Waals surface area contributed by atoms with E-state index in [9.17, 15) is 9.00 Å². The fraction of sp³-hybridized carbons (Fsp3) is 0.333. The van der Waals surface area contributed by atoms with Gasteiger partial charge >= 0.3 is 0 Å². The first-order chi connectivity index (χ1) is 12.5. The maximum atomic E-state index is 11.1. The Labute approximate surface area is 154 Å². The van der Waals surface area contributed by atoms with E-state index in [1.165, 1.54) is 11.8 Å². The molecule has 1 aliphatic heterocycles. The number of pyridine rings is 1.